The molecule has 0 aliphatic heterocycles. The molecule has 3 aromatic heterocycles. The minimum atomic E-state index is 0.629. The molecule has 0 amide bonds. The molecule has 0 fully saturated rings. The van der Waals surface area contributed by atoms with Crippen LogP contribution in [0.2, 0.25) is 0 Å². The molecule has 0 spiro atoms. The van der Waals surface area contributed by atoms with Gasteiger partial charge in [0.05, 0.1) is 6.54 Å². The molecule has 172 valence electrons. The number of hydrogen-bond acceptors (Lipinski definition) is 6. The van der Waals surface area contributed by atoms with Gasteiger partial charge in [0, 0.05) is 36.4 Å². The van der Waals surface area contributed by atoms with Crippen molar-refractivity contribution in [1.29, 1.82) is 0 Å². The number of aryl methyl sites for hydroxylation is 2. The Balaban J connectivity index is 1.53. The molecule has 0 radical (unpaired) electrons. The monoisotopic (exact) mass is 444 g/mol. The van der Waals surface area contributed by atoms with Crippen molar-refractivity contribution < 1.29 is 0 Å². The summed E-state index contributed by atoms with van der Waals surface area (Å²) in [5.74, 6) is 3.34. The summed E-state index contributed by atoms with van der Waals surface area (Å²) in [6, 6.07) is 10.5. The molecule has 33 heavy (non-hydrogen) atoms. The van der Waals surface area contributed by atoms with Gasteiger partial charge in [-0.15, -0.1) is 5.10 Å². The Kier molecular flexibility index (Phi) is 7.55. The van der Waals surface area contributed by atoms with Crippen LogP contribution in [0.3, 0.4) is 0 Å². The maximum Gasteiger partial charge on any atom is 0.180 e. The molecule has 0 atom stereocenters. The van der Waals surface area contributed by atoms with E-state index >= 15 is 0 Å². The Morgan fingerprint density at radius 2 is 1.85 bits per heavy atom. The molecule has 0 aliphatic rings. The van der Waals surface area contributed by atoms with Gasteiger partial charge in [-0.1, -0.05) is 57.9 Å². The predicted molar refractivity (Wildman–Crippen MR) is 128 cm³/mol. The van der Waals surface area contributed by atoms with Crippen LogP contribution in [0.4, 0.5) is 0 Å². The second-order valence-electron chi connectivity index (χ2n) is 8.86. The van der Waals surface area contributed by atoms with Crippen molar-refractivity contribution in [2.24, 2.45) is 5.92 Å². The van der Waals surface area contributed by atoms with Gasteiger partial charge in [0.25, 0.3) is 0 Å². The number of benzene rings is 1. The highest BCUT2D eigenvalue weighted by molar-refractivity contribution is 5.79. The lowest BCUT2D eigenvalue weighted by molar-refractivity contribution is 0.567. The highest BCUT2D eigenvalue weighted by Gasteiger charge is 2.13. The van der Waals surface area contributed by atoms with E-state index < -0.39 is 0 Å². The molecule has 0 unspecified atom stereocenters. The van der Waals surface area contributed by atoms with Crippen LogP contribution in [0, 0.1) is 5.92 Å². The van der Waals surface area contributed by atoms with E-state index in [0.717, 1.165) is 60.6 Å². The van der Waals surface area contributed by atoms with E-state index in [1.165, 1.54) is 18.4 Å². The number of unbranched alkanes of at least 4 members (excludes halogenated alkanes) is 2. The van der Waals surface area contributed by atoms with Gasteiger partial charge in [0.1, 0.15) is 5.82 Å². The second kappa shape index (κ2) is 10.9. The van der Waals surface area contributed by atoms with Gasteiger partial charge in [0.15, 0.2) is 11.6 Å². The molecule has 0 saturated heterocycles. The summed E-state index contributed by atoms with van der Waals surface area (Å²) >= 11 is 0. The number of H-pyrrole nitrogens is 1. The molecule has 1 aromatic carbocycles. The summed E-state index contributed by atoms with van der Waals surface area (Å²) < 4.78 is 2.09. The summed E-state index contributed by atoms with van der Waals surface area (Å²) in [6.07, 6.45) is 10.2. The van der Waals surface area contributed by atoms with Crippen molar-refractivity contribution in [3.8, 4) is 22.5 Å². The average Bonchev–Trinajstić information content (AvgIpc) is 3.49. The number of aromatic amines is 1. The topological polar surface area (TPSA) is 98.1 Å². The van der Waals surface area contributed by atoms with Crippen molar-refractivity contribution >= 4 is 0 Å². The van der Waals surface area contributed by atoms with E-state index in [2.05, 4.69) is 75.3 Å². The minimum Gasteiger partial charge on any atom is -0.264 e. The van der Waals surface area contributed by atoms with E-state index in [4.69, 9.17) is 10.1 Å². The third-order valence-corrected chi connectivity index (χ3v) is 5.76. The average molecular weight is 445 g/mol. The van der Waals surface area contributed by atoms with Gasteiger partial charge < -0.3 is 0 Å². The molecular formula is C25H32N8. The Hall–Kier alpha value is -3.42. The fourth-order valence-corrected chi connectivity index (χ4v) is 3.86. The number of tetrazole rings is 1. The van der Waals surface area contributed by atoms with E-state index in [0.29, 0.717) is 11.7 Å². The number of aromatic nitrogens is 8. The van der Waals surface area contributed by atoms with Crippen molar-refractivity contribution in [2.75, 3.05) is 0 Å². The van der Waals surface area contributed by atoms with Crippen molar-refractivity contribution in [3.05, 3.63) is 59.9 Å². The first-order valence-electron chi connectivity index (χ1n) is 11.8. The zero-order valence-corrected chi connectivity index (χ0v) is 19.7. The standard InChI is InChI=1S/C25H32N8/c1-4-5-6-7-24-27-23(13-8-18(2)3)30-33(24)17-19-9-11-20(12-10-19)22-16-26-15-14-21(22)25-28-31-32-29-25/h9-12,14-16,18H,4-8,13,17H2,1-3H3,(H,28,29,31,32). The van der Waals surface area contributed by atoms with E-state index in [-0.39, 0.29) is 0 Å². The minimum absolute atomic E-state index is 0.629. The molecule has 4 rings (SSSR count). The Bertz CT molecular complexity index is 1130. The van der Waals surface area contributed by atoms with E-state index in [9.17, 15) is 0 Å². The normalized spacial score (nSPS) is 11.4. The highest BCUT2D eigenvalue weighted by atomic mass is 15.5. The van der Waals surface area contributed by atoms with Crippen LogP contribution in [0.5, 0.6) is 0 Å². The summed E-state index contributed by atoms with van der Waals surface area (Å²) in [7, 11) is 0. The maximum atomic E-state index is 4.88. The lowest BCUT2D eigenvalue weighted by atomic mass is 10.0. The lowest BCUT2D eigenvalue weighted by Gasteiger charge is -2.09. The predicted octanol–water partition coefficient (Wildman–Crippen LogP) is 4.89. The molecular weight excluding hydrogens is 412 g/mol. The largest absolute Gasteiger partial charge is 0.264 e. The van der Waals surface area contributed by atoms with Crippen molar-refractivity contribution in [3.63, 3.8) is 0 Å². The summed E-state index contributed by atoms with van der Waals surface area (Å²) in [6.45, 7) is 7.44. The van der Waals surface area contributed by atoms with Gasteiger partial charge >= 0.3 is 0 Å². The number of hydrogen-bond donors (Lipinski definition) is 1. The number of nitrogens with one attached hydrogen (secondary N) is 1. The first-order valence-corrected chi connectivity index (χ1v) is 11.8. The Morgan fingerprint density at radius 1 is 1.00 bits per heavy atom. The van der Waals surface area contributed by atoms with Crippen LogP contribution in [-0.2, 0) is 19.4 Å². The molecule has 1 N–H and O–H groups in total. The van der Waals surface area contributed by atoms with E-state index in [1.807, 2.05) is 12.3 Å². The van der Waals surface area contributed by atoms with Crippen LogP contribution < -0.4 is 0 Å². The number of nitrogens with zero attached hydrogens (tertiary/aromatic N) is 7. The Morgan fingerprint density at radius 3 is 2.58 bits per heavy atom. The first kappa shape index (κ1) is 22.8. The van der Waals surface area contributed by atoms with Crippen molar-refractivity contribution in [1.82, 2.24) is 40.4 Å². The first-order chi connectivity index (χ1) is 16.1. The van der Waals surface area contributed by atoms with Gasteiger partial charge in [-0.2, -0.15) is 5.10 Å². The third kappa shape index (κ3) is 5.88. The summed E-state index contributed by atoms with van der Waals surface area (Å²) in [4.78, 5) is 9.17. The smallest absolute Gasteiger partial charge is 0.180 e. The maximum absolute atomic E-state index is 4.88. The van der Waals surface area contributed by atoms with Crippen LogP contribution >= 0.6 is 0 Å². The fraction of sp³-hybridized carbons (Fsp3) is 0.440. The molecule has 3 heterocycles. The zero-order chi connectivity index (χ0) is 23.0. The third-order valence-electron chi connectivity index (χ3n) is 5.76. The summed E-state index contributed by atoms with van der Waals surface area (Å²) in [5.41, 5.74) is 4.17. The van der Waals surface area contributed by atoms with Crippen LogP contribution in [0.25, 0.3) is 22.5 Å². The Labute approximate surface area is 194 Å². The van der Waals surface area contributed by atoms with Gasteiger partial charge in [-0.25, -0.2) is 14.8 Å². The van der Waals surface area contributed by atoms with Gasteiger partial charge in [0.2, 0.25) is 0 Å². The van der Waals surface area contributed by atoms with Gasteiger partial charge in [-0.3, -0.25) is 4.98 Å². The van der Waals surface area contributed by atoms with E-state index in [1.54, 1.807) is 6.20 Å². The van der Waals surface area contributed by atoms with Gasteiger partial charge in [-0.05, 0) is 46.4 Å². The van der Waals surface area contributed by atoms with Crippen molar-refractivity contribution in [2.45, 2.75) is 65.8 Å². The molecule has 0 bridgehead atoms. The quantitative estimate of drug-likeness (QED) is 0.331. The zero-order valence-electron chi connectivity index (χ0n) is 19.7. The molecule has 4 aromatic rings. The van der Waals surface area contributed by atoms with Crippen LogP contribution in [-0.4, -0.2) is 40.4 Å². The fourth-order valence-electron chi connectivity index (χ4n) is 3.86. The highest BCUT2D eigenvalue weighted by Crippen LogP contribution is 2.29. The number of pyridine rings is 1. The number of rotatable bonds is 11. The van der Waals surface area contributed by atoms with Crippen LogP contribution in [0.15, 0.2) is 42.7 Å². The SMILES string of the molecule is CCCCCc1nc(CCC(C)C)nn1Cc1ccc(-c2cnccc2-c2nnn[nH]2)cc1. The lowest BCUT2D eigenvalue weighted by Crippen LogP contribution is -2.07. The van der Waals surface area contributed by atoms with Crippen LogP contribution in [0.1, 0.15) is 63.7 Å². The molecule has 0 aliphatic carbocycles. The second-order valence-corrected chi connectivity index (χ2v) is 8.86. The molecule has 8 nitrogen and oxygen atoms in total. The molecule has 8 heteroatoms. The summed E-state index contributed by atoms with van der Waals surface area (Å²) in [5, 5.41) is 19.1. The molecule has 0 saturated carbocycles.